The Bertz CT molecular complexity index is 569. The number of hydrogen-bond acceptors (Lipinski definition) is 3. The minimum atomic E-state index is -0.271. The van der Waals surface area contributed by atoms with E-state index >= 15 is 0 Å². The molecule has 1 unspecified atom stereocenters. The molecule has 0 aromatic heterocycles. The van der Waals surface area contributed by atoms with Crippen molar-refractivity contribution in [2.24, 2.45) is 0 Å². The van der Waals surface area contributed by atoms with Gasteiger partial charge in [-0.3, -0.25) is 4.79 Å². The zero-order valence-electron chi connectivity index (χ0n) is 11.3. The summed E-state index contributed by atoms with van der Waals surface area (Å²) in [7, 11) is 0. The molecule has 0 fully saturated rings. The molecule has 2 rings (SSSR count). The molecule has 0 aliphatic carbocycles. The fraction of sp³-hybridized carbons (Fsp3) is 0.188. The maximum atomic E-state index is 11.7. The van der Waals surface area contributed by atoms with Gasteiger partial charge in [-0.2, -0.15) is 0 Å². The van der Waals surface area contributed by atoms with Crippen LogP contribution in [0.4, 0.5) is 0 Å². The van der Waals surface area contributed by atoms with Crippen LogP contribution in [0.15, 0.2) is 54.6 Å². The first-order chi connectivity index (χ1) is 9.74. The predicted octanol–water partition coefficient (Wildman–Crippen LogP) is 3.60. The number of ether oxygens (including phenoxy) is 1. The van der Waals surface area contributed by atoms with Crippen LogP contribution in [0.1, 0.15) is 24.8 Å². The van der Waals surface area contributed by atoms with E-state index in [0.29, 0.717) is 12.2 Å². The zero-order valence-corrected chi connectivity index (χ0v) is 12.4. The van der Waals surface area contributed by atoms with Gasteiger partial charge in [-0.25, -0.2) is 0 Å². The van der Waals surface area contributed by atoms with E-state index < -0.39 is 0 Å². The van der Waals surface area contributed by atoms with E-state index in [1.165, 1.54) is 0 Å². The smallest absolute Gasteiger partial charge is 0.484 e. The Balaban J connectivity index is 2.21. The first kappa shape index (κ1) is 14.6. The highest BCUT2D eigenvalue weighted by Gasteiger charge is 2.18. The van der Waals surface area contributed by atoms with Gasteiger partial charge < -0.3 is 8.53 Å². The number of benzene rings is 2. The number of para-hydroxylation sites is 1. The molecular weight excluding hydrogens is 267 g/mol. The van der Waals surface area contributed by atoms with Crippen LogP contribution in [0.25, 0.3) is 0 Å². The summed E-state index contributed by atoms with van der Waals surface area (Å²) in [5.41, 5.74) is 0.897. The Labute approximate surface area is 127 Å². The molecule has 0 heterocycles. The molecule has 0 spiro atoms. The van der Waals surface area contributed by atoms with Gasteiger partial charge >= 0.3 is 16.6 Å². The molecule has 2 radical (unpaired) electrons. The van der Waals surface area contributed by atoms with E-state index in [4.69, 9.17) is 8.53 Å². The summed E-state index contributed by atoms with van der Waals surface area (Å²) in [5, 5.41) is 0. The molecule has 3 nitrogen and oxygen atoms in total. The van der Waals surface area contributed by atoms with Crippen molar-refractivity contribution in [2.75, 3.05) is 0 Å². The molecule has 0 bridgehead atoms. The molecule has 0 N–H and O–H groups in total. The maximum Gasteiger partial charge on any atom is 0.484 e. The lowest BCUT2D eigenvalue weighted by molar-refractivity contribution is -0.135. The van der Waals surface area contributed by atoms with E-state index in [-0.39, 0.29) is 11.9 Å². The summed E-state index contributed by atoms with van der Waals surface area (Å²) in [6.45, 7) is 1.96. The number of hydrogen-bond donors (Lipinski definition) is 0. The minimum absolute atomic E-state index is 0.255. The van der Waals surface area contributed by atoms with Gasteiger partial charge in [-0.05, 0) is 36.2 Å². The summed E-state index contributed by atoms with van der Waals surface area (Å²) in [5.74, 6) is 0.955. The van der Waals surface area contributed by atoms with Gasteiger partial charge in [0.25, 0.3) is 5.97 Å². The van der Waals surface area contributed by atoms with Crippen molar-refractivity contribution in [3.05, 3.63) is 60.2 Å². The Morgan fingerprint density at radius 2 is 1.80 bits per heavy atom. The molecule has 0 saturated carbocycles. The third-order valence-corrected chi connectivity index (χ3v) is 3.28. The van der Waals surface area contributed by atoms with Crippen molar-refractivity contribution in [1.29, 1.82) is 0 Å². The topological polar surface area (TPSA) is 35.5 Å². The molecule has 0 aliphatic heterocycles. The normalized spacial score (nSPS) is 11.7. The fourth-order valence-electron chi connectivity index (χ4n) is 2.04. The van der Waals surface area contributed by atoms with Crippen molar-refractivity contribution in [3.63, 3.8) is 0 Å². The Morgan fingerprint density at radius 3 is 2.45 bits per heavy atom. The molecular formula is C16H15AlO3. The summed E-state index contributed by atoms with van der Waals surface area (Å²) in [4.78, 5) is 11.7. The Kier molecular flexibility index (Phi) is 5.23. The standard InChI is InChI=1S/C16H16O3.Al/c1-2-15(16(17)18)12-7-6-10-14(11-12)19-13-8-4-3-5-9-13;/h3-11,15H,2H2,1H3,(H,17,18);/q;+1/p-1. The summed E-state index contributed by atoms with van der Waals surface area (Å²) in [6, 6.07) is 17.1. The second-order valence-electron chi connectivity index (χ2n) is 4.39. The molecule has 0 aliphatic rings. The molecule has 20 heavy (non-hydrogen) atoms. The molecule has 100 valence electrons. The molecule has 0 amide bonds. The van der Waals surface area contributed by atoms with Crippen LogP contribution >= 0.6 is 0 Å². The third kappa shape index (κ3) is 3.63. The maximum absolute atomic E-state index is 11.7. The van der Waals surface area contributed by atoms with Crippen LogP contribution < -0.4 is 4.74 Å². The number of rotatable bonds is 5. The van der Waals surface area contributed by atoms with Gasteiger partial charge in [0.2, 0.25) is 0 Å². The summed E-state index contributed by atoms with van der Waals surface area (Å²) >= 11 is 2.00. The minimum Gasteiger partial charge on any atom is -0.628 e. The SMILES string of the molecule is CCC(C(=O)[O][Al])c1cccc(Oc2ccccc2)c1. The van der Waals surface area contributed by atoms with Crippen molar-refractivity contribution >= 4 is 22.6 Å². The number of carbonyl (C=O) groups is 1. The zero-order chi connectivity index (χ0) is 14.4. The predicted molar refractivity (Wildman–Crippen MR) is 77.8 cm³/mol. The van der Waals surface area contributed by atoms with Gasteiger partial charge in [0.1, 0.15) is 11.5 Å². The average Bonchev–Trinajstić information content (AvgIpc) is 2.49. The van der Waals surface area contributed by atoms with Gasteiger partial charge in [-0.1, -0.05) is 37.3 Å². The second kappa shape index (κ2) is 7.14. The van der Waals surface area contributed by atoms with E-state index in [2.05, 4.69) is 0 Å². The highest BCUT2D eigenvalue weighted by atomic mass is 27.1. The molecule has 4 heteroatoms. The Hall–Kier alpha value is -1.76. The van der Waals surface area contributed by atoms with Crippen molar-refractivity contribution in [3.8, 4) is 11.5 Å². The van der Waals surface area contributed by atoms with Crippen LogP contribution in [0.5, 0.6) is 11.5 Å². The highest BCUT2D eigenvalue weighted by Crippen LogP contribution is 2.27. The molecule has 1 atom stereocenters. The largest absolute Gasteiger partial charge is 0.628 e. The van der Waals surface area contributed by atoms with E-state index in [0.717, 1.165) is 11.3 Å². The van der Waals surface area contributed by atoms with E-state index in [9.17, 15) is 4.79 Å². The van der Waals surface area contributed by atoms with E-state index in [1.807, 2.05) is 78.1 Å². The lowest BCUT2D eigenvalue weighted by Crippen LogP contribution is -2.13. The lowest BCUT2D eigenvalue weighted by atomic mass is 9.96. The van der Waals surface area contributed by atoms with Crippen molar-refractivity contribution in [1.82, 2.24) is 0 Å². The summed E-state index contributed by atoms with van der Waals surface area (Å²) < 4.78 is 10.5. The lowest BCUT2D eigenvalue weighted by Gasteiger charge is -2.15. The average molecular weight is 282 g/mol. The van der Waals surface area contributed by atoms with Gasteiger partial charge in [0.15, 0.2) is 0 Å². The first-order valence-corrected chi connectivity index (χ1v) is 6.95. The summed E-state index contributed by atoms with van der Waals surface area (Å²) in [6.07, 6.45) is 0.683. The first-order valence-electron chi connectivity index (χ1n) is 6.48. The van der Waals surface area contributed by atoms with Crippen LogP contribution in [0.2, 0.25) is 0 Å². The van der Waals surface area contributed by atoms with Gasteiger partial charge in [0, 0.05) is 0 Å². The monoisotopic (exact) mass is 282 g/mol. The van der Waals surface area contributed by atoms with Gasteiger partial charge in [-0.15, -0.1) is 0 Å². The van der Waals surface area contributed by atoms with Crippen LogP contribution in [0.3, 0.4) is 0 Å². The van der Waals surface area contributed by atoms with Crippen molar-refractivity contribution in [2.45, 2.75) is 19.3 Å². The third-order valence-electron chi connectivity index (χ3n) is 3.05. The van der Waals surface area contributed by atoms with Gasteiger partial charge in [0.05, 0.1) is 5.92 Å². The van der Waals surface area contributed by atoms with E-state index in [1.54, 1.807) is 0 Å². The van der Waals surface area contributed by atoms with Crippen LogP contribution in [-0.4, -0.2) is 22.6 Å². The molecule has 2 aromatic rings. The van der Waals surface area contributed by atoms with Crippen LogP contribution in [-0.2, 0) is 8.58 Å². The number of carbonyl (C=O) groups excluding carboxylic acids is 1. The quantitative estimate of drug-likeness (QED) is 0.786. The molecule has 0 saturated heterocycles. The fourth-order valence-corrected chi connectivity index (χ4v) is 2.20. The van der Waals surface area contributed by atoms with Crippen molar-refractivity contribution < 1.29 is 13.3 Å². The highest BCUT2D eigenvalue weighted by molar-refractivity contribution is 6.06. The molecule has 2 aromatic carbocycles. The second-order valence-corrected chi connectivity index (χ2v) is 4.62. The van der Waals surface area contributed by atoms with Crippen LogP contribution in [0, 0.1) is 0 Å². The Morgan fingerprint density at radius 1 is 1.10 bits per heavy atom.